The molecule has 0 spiro atoms. The molecule has 3 aromatic rings. The predicted molar refractivity (Wildman–Crippen MR) is 154 cm³/mol. The van der Waals surface area contributed by atoms with E-state index in [1.165, 1.54) is 0 Å². The fraction of sp³-hybridized carbons (Fsp3) is 0.448. The summed E-state index contributed by atoms with van der Waals surface area (Å²) in [6.45, 7) is 8.03. The molecule has 0 bridgehead atoms. The Labute approximate surface area is 234 Å². The SMILES string of the molecule is COCC1CN(CC#Cc2nccc(N3CCN(c4cc(-c5ccccc5O)nnc4N)CCC3C)n2)CCO1. The number of hydrogen-bond donors (Lipinski definition) is 2. The molecule has 0 amide bonds. The summed E-state index contributed by atoms with van der Waals surface area (Å²) in [5.74, 6) is 8.27. The van der Waals surface area contributed by atoms with Gasteiger partial charge in [0.2, 0.25) is 5.82 Å². The number of anilines is 3. The summed E-state index contributed by atoms with van der Waals surface area (Å²) < 4.78 is 10.9. The molecule has 0 aliphatic carbocycles. The van der Waals surface area contributed by atoms with Gasteiger partial charge in [-0.15, -0.1) is 10.2 Å². The van der Waals surface area contributed by atoms with Crippen molar-refractivity contribution in [2.45, 2.75) is 25.5 Å². The van der Waals surface area contributed by atoms with Crippen molar-refractivity contribution in [3.63, 3.8) is 0 Å². The Hall–Kier alpha value is -3.98. The van der Waals surface area contributed by atoms with Crippen molar-refractivity contribution in [2.75, 3.05) is 75.1 Å². The van der Waals surface area contributed by atoms with Crippen LogP contribution in [0.4, 0.5) is 17.3 Å². The molecule has 4 heterocycles. The Morgan fingerprint density at radius 2 is 2.02 bits per heavy atom. The minimum Gasteiger partial charge on any atom is -0.507 e. The van der Waals surface area contributed by atoms with Gasteiger partial charge in [0.15, 0.2) is 5.82 Å². The van der Waals surface area contributed by atoms with Crippen molar-refractivity contribution in [1.82, 2.24) is 25.1 Å². The highest BCUT2D eigenvalue weighted by Crippen LogP contribution is 2.32. The lowest BCUT2D eigenvalue weighted by Gasteiger charge is -2.31. The zero-order valence-electron chi connectivity index (χ0n) is 23.0. The van der Waals surface area contributed by atoms with Crippen LogP contribution >= 0.6 is 0 Å². The van der Waals surface area contributed by atoms with Crippen LogP contribution in [0.5, 0.6) is 5.75 Å². The molecule has 2 atom stereocenters. The molecule has 210 valence electrons. The maximum Gasteiger partial charge on any atom is 0.206 e. The van der Waals surface area contributed by atoms with E-state index in [0.29, 0.717) is 42.7 Å². The Bertz CT molecular complexity index is 1360. The summed E-state index contributed by atoms with van der Waals surface area (Å²) in [6.07, 6.45) is 2.76. The smallest absolute Gasteiger partial charge is 0.206 e. The predicted octanol–water partition coefficient (Wildman–Crippen LogP) is 2.03. The van der Waals surface area contributed by atoms with Gasteiger partial charge in [0.25, 0.3) is 0 Å². The third-order valence-electron chi connectivity index (χ3n) is 7.30. The highest BCUT2D eigenvalue weighted by Gasteiger charge is 2.25. The fourth-order valence-electron chi connectivity index (χ4n) is 5.12. The maximum absolute atomic E-state index is 10.3. The van der Waals surface area contributed by atoms with E-state index >= 15 is 0 Å². The van der Waals surface area contributed by atoms with Gasteiger partial charge in [-0.1, -0.05) is 18.1 Å². The number of aromatic nitrogens is 4. The number of phenols is 1. The summed E-state index contributed by atoms with van der Waals surface area (Å²) >= 11 is 0. The third kappa shape index (κ3) is 6.59. The zero-order valence-corrected chi connectivity index (χ0v) is 23.0. The molecular weight excluding hydrogens is 508 g/mol. The van der Waals surface area contributed by atoms with Crippen LogP contribution in [0.1, 0.15) is 19.2 Å². The molecule has 40 heavy (non-hydrogen) atoms. The molecule has 2 aliphatic heterocycles. The summed E-state index contributed by atoms with van der Waals surface area (Å²) in [4.78, 5) is 16.0. The van der Waals surface area contributed by atoms with Gasteiger partial charge >= 0.3 is 0 Å². The number of phenolic OH excluding ortho intramolecular Hbond substituents is 1. The molecule has 0 radical (unpaired) electrons. The average Bonchev–Trinajstić information content (AvgIpc) is 3.16. The van der Waals surface area contributed by atoms with Crippen molar-refractivity contribution in [2.24, 2.45) is 0 Å². The van der Waals surface area contributed by atoms with Crippen molar-refractivity contribution in [3.8, 4) is 28.8 Å². The standard InChI is InChI=1S/C29H36N8O3/c1-21-10-13-36(25-18-24(33-34-29(25)30)23-6-3-4-7-26(23)38)14-15-37(21)28-9-11-31-27(32-28)8-5-12-35-16-17-40-22(19-35)20-39-2/h3-4,6-7,9,11,18,21-22,38H,10,12-17,19-20H2,1-2H3,(H2,30,34). The Morgan fingerprint density at radius 1 is 1.15 bits per heavy atom. The largest absolute Gasteiger partial charge is 0.507 e. The van der Waals surface area contributed by atoms with Crippen LogP contribution in [-0.2, 0) is 9.47 Å². The molecule has 2 aromatic heterocycles. The lowest BCUT2D eigenvalue weighted by Crippen LogP contribution is -2.44. The summed E-state index contributed by atoms with van der Waals surface area (Å²) in [5, 5.41) is 18.7. The number of aromatic hydroxyl groups is 1. The molecule has 11 nitrogen and oxygen atoms in total. The third-order valence-corrected chi connectivity index (χ3v) is 7.30. The molecule has 2 aliphatic rings. The van der Waals surface area contributed by atoms with Gasteiger partial charge in [-0.3, -0.25) is 4.90 Å². The van der Waals surface area contributed by atoms with Crippen LogP contribution in [0, 0.1) is 11.8 Å². The van der Waals surface area contributed by atoms with E-state index in [4.69, 9.17) is 20.2 Å². The van der Waals surface area contributed by atoms with Crippen molar-refractivity contribution in [1.29, 1.82) is 0 Å². The summed E-state index contributed by atoms with van der Waals surface area (Å²) in [7, 11) is 1.69. The highest BCUT2D eigenvalue weighted by atomic mass is 16.5. The molecular formula is C29H36N8O3. The van der Waals surface area contributed by atoms with Gasteiger partial charge in [-0.05, 0) is 43.5 Å². The molecule has 5 rings (SSSR count). The van der Waals surface area contributed by atoms with Gasteiger partial charge in [0.05, 0.1) is 37.2 Å². The van der Waals surface area contributed by atoms with E-state index in [0.717, 1.165) is 50.6 Å². The quantitative estimate of drug-likeness (QED) is 0.443. The minimum absolute atomic E-state index is 0.0829. The number of nitrogens with two attached hydrogens (primary N) is 1. The van der Waals surface area contributed by atoms with E-state index in [1.807, 2.05) is 24.3 Å². The normalized spacial score (nSPS) is 20.1. The number of nitrogen functional groups attached to an aromatic ring is 1. The second kappa shape index (κ2) is 12.9. The van der Waals surface area contributed by atoms with Crippen LogP contribution in [0.3, 0.4) is 0 Å². The molecule has 2 saturated heterocycles. The van der Waals surface area contributed by atoms with Crippen molar-refractivity contribution in [3.05, 3.63) is 48.4 Å². The Kier molecular flexibility index (Phi) is 8.91. The zero-order chi connectivity index (χ0) is 27.9. The van der Waals surface area contributed by atoms with Crippen LogP contribution in [0.2, 0.25) is 0 Å². The molecule has 2 unspecified atom stereocenters. The van der Waals surface area contributed by atoms with Gasteiger partial charge < -0.3 is 30.1 Å². The summed E-state index contributed by atoms with van der Waals surface area (Å²) in [5.41, 5.74) is 8.29. The number of hydrogen-bond acceptors (Lipinski definition) is 11. The number of para-hydroxylation sites is 1. The van der Waals surface area contributed by atoms with Crippen LogP contribution in [-0.4, -0.2) is 102 Å². The first-order valence-electron chi connectivity index (χ1n) is 13.6. The van der Waals surface area contributed by atoms with Crippen LogP contribution < -0.4 is 15.5 Å². The monoisotopic (exact) mass is 544 g/mol. The summed E-state index contributed by atoms with van der Waals surface area (Å²) in [6, 6.07) is 11.2. The van der Waals surface area contributed by atoms with E-state index in [2.05, 4.69) is 48.6 Å². The number of benzene rings is 1. The van der Waals surface area contributed by atoms with Crippen LogP contribution in [0.25, 0.3) is 11.3 Å². The lowest BCUT2D eigenvalue weighted by molar-refractivity contribution is -0.0575. The topological polar surface area (TPSA) is 126 Å². The van der Waals surface area contributed by atoms with Gasteiger partial charge in [0, 0.05) is 57.6 Å². The van der Waals surface area contributed by atoms with Gasteiger partial charge in [-0.2, -0.15) is 0 Å². The number of rotatable bonds is 6. The molecule has 3 N–H and O–H groups in total. The Morgan fingerprint density at radius 3 is 2.88 bits per heavy atom. The van der Waals surface area contributed by atoms with E-state index in [1.54, 1.807) is 25.4 Å². The van der Waals surface area contributed by atoms with Gasteiger partial charge in [0.1, 0.15) is 11.6 Å². The molecule has 0 saturated carbocycles. The first kappa shape index (κ1) is 27.6. The van der Waals surface area contributed by atoms with Crippen LogP contribution in [0.15, 0.2) is 42.6 Å². The number of nitrogens with zero attached hydrogens (tertiary/aromatic N) is 7. The van der Waals surface area contributed by atoms with E-state index in [-0.39, 0.29) is 17.9 Å². The highest BCUT2D eigenvalue weighted by molar-refractivity contribution is 5.74. The van der Waals surface area contributed by atoms with Crippen molar-refractivity contribution < 1.29 is 14.6 Å². The first-order chi connectivity index (χ1) is 19.5. The van der Waals surface area contributed by atoms with E-state index in [9.17, 15) is 5.11 Å². The lowest BCUT2D eigenvalue weighted by atomic mass is 10.1. The molecule has 1 aromatic carbocycles. The number of ether oxygens (including phenoxy) is 2. The number of morpholine rings is 1. The number of methoxy groups -OCH3 is 1. The second-order valence-electron chi connectivity index (χ2n) is 10.1. The maximum atomic E-state index is 10.3. The molecule has 2 fully saturated rings. The first-order valence-corrected chi connectivity index (χ1v) is 13.6. The van der Waals surface area contributed by atoms with Gasteiger partial charge in [-0.25, -0.2) is 9.97 Å². The molecule has 11 heteroatoms. The fourth-order valence-corrected chi connectivity index (χ4v) is 5.12. The Balaban J connectivity index is 1.26. The average molecular weight is 545 g/mol. The second-order valence-corrected chi connectivity index (χ2v) is 10.1. The minimum atomic E-state index is 0.0829. The van der Waals surface area contributed by atoms with Crippen molar-refractivity contribution >= 4 is 17.3 Å². The van der Waals surface area contributed by atoms with E-state index < -0.39 is 0 Å².